The average molecular weight is 212 g/mol. The van der Waals surface area contributed by atoms with Gasteiger partial charge in [-0.3, -0.25) is 4.79 Å². The Morgan fingerprint density at radius 2 is 1.53 bits per heavy atom. The van der Waals surface area contributed by atoms with Crippen LogP contribution in [0, 0.1) is 5.92 Å². The fourth-order valence-electron chi connectivity index (χ4n) is 1.76. The fourth-order valence-corrected chi connectivity index (χ4v) is 1.76. The second-order valence-corrected chi connectivity index (χ2v) is 4.99. The summed E-state index contributed by atoms with van der Waals surface area (Å²) in [5, 5.41) is 0. The zero-order chi connectivity index (χ0) is 11.5. The van der Waals surface area contributed by atoms with Crippen molar-refractivity contribution in [3.63, 3.8) is 0 Å². The zero-order valence-electron chi connectivity index (χ0n) is 10.8. The summed E-state index contributed by atoms with van der Waals surface area (Å²) in [6.45, 7) is 6.65. The Hall–Kier alpha value is -0.330. The molecule has 0 aromatic rings. The van der Waals surface area contributed by atoms with Gasteiger partial charge in [0.05, 0.1) is 0 Å². The lowest BCUT2D eigenvalue weighted by molar-refractivity contribution is -0.119. The Kier molecular flexibility index (Phi) is 9.97. The molecule has 0 radical (unpaired) electrons. The minimum absolute atomic E-state index is 0.479. The van der Waals surface area contributed by atoms with Crippen molar-refractivity contribution in [2.24, 2.45) is 5.92 Å². The topological polar surface area (TPSA) is 17.1 Å². The molecule has 0 aromatic carbocycles. The van der Waals surface area contributed by atoms with Crippen LogP contribution in [0.25, 0.3) is 0 Å². The number of carbonyl (C=O) groups is 1. The molecule has 0 unspecified atom stereocenters. The maximum absolute atomic E-state index is 11.5. The van der Waals surface area contributed by atoms with Crippen LogP contribution >= 0.6 is 0 Å². The van der Waals surface area contributed by atoms with E-state index >= 15 is 0 Å². The van der Waals surface area contributed by atoms with E-state index in [0.717, 1.165) is 31.6 Å². The Morgan fingerprint density at radius 1 is 0.933 bits per heavy atom. The molecule has 0 amide bonds. The highest BCUT2D eigenvalue weighted by Gasteiger charge is 2.02. The second kappa shape index (κ2) is 10.2. The largest absolute Gasteiger partial charge is 0.300 e. The van der Waals surface area contributed by atoms with Crippen molar-refractivity contribution in [2.75, 3.05) is 0 Å². The van der Waals surface area contributed by atoms with E-state index < -0.39 is 0 Å². The average Bonchev–Trinajstić information content (AvgIpc) is 2.17. The molecule has 0 fully saturated rings. The van der Waals surface area contributed by atoms with E-state index in [1.807, 2.05) is 0 Å². The molecule has 0 spiro atoms. The molecular formula is C14H28O. The number of hydrogen-bond acceptors (Lipinski definition) is 1. The van der Waals surface area contributed by atoms with E-state index in [9.17, 15) is 4.79 Å². The van der Waals surface area contributed by atoms with Gasteiger partial charge in [0.25, 0.3) is 0 Å². The summed E-state index contributed by atoms with van der Waals surface area (Å²) in [6.07, 6.45) is 10.2. The highest BCUT2D eigenvalue weighted by atomic mass is 16.1. The lowest BCUT2D eigenvalue weighted by atomic mass is 10.0. The first-order valence-corrected chi connectivity index (χ1v) is 6.68. The van der Waals surface area contributed by atoms with Crippen LogP contribution in [0.3, 0.4) is 0 Å². The Balaban J connectivity index is 3.19. The summed E-state index contributed by atoms with van der Waals surface area (Å²) in [5.74, 6) is 1.22. The van der Waals surface area contributed by atoms with Gasteiger partial charge in [-0.2, -0.15) is 0 Å². The molecule has 0 saturated carbocycles. The van der Waals surface area contributed by atoms with E-state index in [4.69, 9.17) is 0 Å². The van der Waals surface area contributed by atoms with Crippen LogP contribution in [0.2, 0.25) is 0 Å². The minimum atomic E-state index is 0.479. The van der Waals surface area contributed by atoms with Crippen molar-refractivity contribution >= 4 is 5.78 Å². The second-order valence-electron chi connectivity index (χ2n) is 4.99. The van der Waals surface area contributed by atoms with Gasteiger partial charge >= 0.3 is 0 Å². The number of carbonyl (C=O) groups excluding carboxylic acids is 1. The molecule has 1 nitrogen and oxygen atoms in total. The van der Waals surface area contributed by atoms with Crippen LogP contribution in [0.4, 0.5) is 0 Å². The molecule has 0 bridgehead atoms. The zero-order valence-corrected chi connectivity index (χ0v) is 10.8. The van der Waals surface area contributed by atoms with E-state index in [-0.39, 0.29) is 0 Å². The molecule has 15 heavy (non-hydrogen) atoms. The number of Topliss-reactive ketones (excluding diaryl/α,β-unsaturated/α-hetero) is 1. The van der Waals surface area contributed by atoms with Gasteiger partial charge in [-0.1, -0.05) is 52.9 Å². The summed E-state index contributed by atoms with van der Waals surface area (Å²) in [6, 6.07) is 0. The molecular weight excluding hydrogens is 184 g/mol. The van der Waals surface area contributed by atoms with Gasteiger partial charge < -0.3 is 0 Å². The Bertz CT molecular complexity index is 149. The van der Waals surface area contributed by atoms with Gasteiger partial charge in [0.2, 0.25) is 0 Å². The minimum Gasteiger partial charge on any atom is -0.300 e. The molecule has 0 rings (SSSR count). The lowest BCUT2D eigenvalue weighted by Crippen LogP contribution is -1.99. The third kappa shape index (κ3) is 11.6. The van der Waals surface area contributed by atoms with E-state index in [2.05, 4.69) is 20.8 Å². The summed E-state index contributed by atoms with van der Waals surface area (Å²) in [7, 11) is 0. The van der Waals surface area contributed by atoms with E-state index in [0.29, 0.717) is 5.78 Å². The SMILES string of the molecule is CCCCCCCC(=O)CCCC(C)C. The quantitative estimate of drug-likeness (QED) is 0.478. The van der Waals surface area contributed by atoms with Crippen LogP contribution in [0.5, 0.6) is 0 Å². The summed E-state index contributed by atoms with van der Waals surface area (Å²) in [4.78, 5) is 11.5. The number of unbranched alkanes of at least 4 members (excludes halogenated alkanes) is 4. The first kappa shape index (κ1) is 14.7. The van der Waals surface area contributed by atoms with Crippen molar-refractivity contribution in [3.8, 4) is 0 Å². The first-order valence-electron chi connectivity index (χ1n) is 6.68. The van der Waals surface area contributed by atoms with Crippen molar-refractivity contribution in [1.82, 2.24) is 0 Å². The lowest BCUT2D eigenvalue weighted by Gasteiger charge is -2.03. The summed E-state index contributed by atoms with van der Waals surface area (Å²) in [5.41, 5.74) is 0. The van der Waals surface area contributed by atoms with Crippen molar-refractivity contribution in [3.05, 3.63) is 0 Å². The maximum atomic E-state index is 11.5. The van der Waals surface area contributed by atoms with Crippen LogP contribution in [0.1, 0.15) is 78.6 Å². The third-order valence-corrected chi connectivity index (χ3v) is 2.80. The van der Waals surface area contributed by atoms with Crippen LogP contribution in [-0.2, 0) is 4.79 Å². The fraction of sp³-hybridized carbons (Fsp3) is 0.929. The third-order valence-electron chi connectivity index (χ3n) is 2.80. The van der Waals surface area contributed by atoms with Gasteiger partial charge in [-0.25, -0.2) is 0 Å². The molecule has 0 N–H and O–H groups in total. The van der Waals surface area contributed by atoms with Crippen molar-refractivity contribution in [2.45, 2.75) is 78.6 Å². The monoisotopic (exact) mass is 212 g/mol. The smallest absolute Gasteiger partial charge is 0.132 e. The van der Waals surface area contributed by atoms with Crippen molar-refractivity contribution < 1.29 is 4.79 Å². The number of ketones is 1. The van der Waals surface area contributed by atoms with Crippen LogP contribution in [0.15, 0.2) is 0 Å². The highest BCUT2D eigenvalue weighted by molar-refractivity contribution is 5.78. The van der Waals surface area contributed by atoms with Gasteiger partial charge in [0.15, 0.2) is 0 Å². The maximum Gasteiger partial charge on any atom is 0.132 e. The molecule has 0 heterocycles. The summed E-state index contributed by atoms with van der Waals surface area (Å²) < 4.78 is 0. The van der Waals surface area contributed by atoms with E-state index in [1.54, 1.807) is 0 Å². The van der Waals surface area contributed by atoms with Gasteiger partial charge in [-0.15, -0.1) is 0 Å². The standard InChI is InChI=1S/C14H28O/c1-4-5-6-7-8-11-14(15)12-9-10-13(2)3/h13H,4-12H2,1-3H3. The predicted octanol–water partition coefficient (Wildman–Crippen LogP) is 4.74. The molecule has 0 aliphatic rings. The normalized spacial score (nSPS) is 10.9. The molecule has 0 aromatic heterocycles. The molecule has 0 saturated heterocycles. The molecule has 0 aliphatic heterocycles. The molecule has 1 heteroatoms. The summed E-state index contributed by atoms with van der Waals surface area (Å²) >= 11 is 0. The Morgan fingerprint density at radius 3 is 2.13 bits per heavy atom. The predicted molar refractivity (Wildman–Crippen MR) is 67.1 cm³/mol. The first-order chi connectivity index (χ1) is 7.16. The Labute approximate surface area is 95.6 Å². The number of rotatable bonds is 10. The van der Waals surface area contributed by atoms with Crippen LogP contribution < -0.4 is 0 Å². The number of hydrogen-bond donors (Lipinski definition) is 0. The van der Waals surface area contributed by atoms with Gasteiger partial charge in [0, 0.05) is 12.8 Å². The van der Waals surface area contributed by atoms with E-state index in [1.165, 1.54) is 32.1 Å². The molecule has 90 valence electrons. The molecule has 0 atom stereocenters. The highest BCUT2D eigenvalue weighted by Crippen LogP contribution is 2.10. The van der Waals surface area contributed by atoms with Crippen molar-refractivity contribution in [1.29, 1.82) is 0 Å². The van der Waals surface area contributed by atoms with Gasteiger partial charge in [0.1, 0.15) is 5.78 Å². The van der Waals surface area contributed by atoms with Crippen LogP contribution in [-0.4, -0.2) is 5.78 Å². The van der Waals surface area contributed by atoms with Gasteiger partial charge in [-0.05, 0) is 18.8 Å². The molecule has 0 aliphatic carbocycles.